The molecule has 3 heteroatoms. The van der Waals surface area contributed by atoms with E-state index in [4.69, 9.17) is 10.5 Å². The summed E-state index contributed by atoms with van der Waals surface area (Å²) in [5.41, 5.74) is 7.68. The third-order valence-corrected chi connectivity index (χ3v) is 2.87. The minimum absolute atomic E-state index is 0.280. The molecule has 0 bridgehead atoms. The van der Waals surface area contributed by atoms with Crippen molar-refractivity contribution >= 4 is 16.6 Å². The van der Waals surface area contributed by atoms with Crippen LogP contribution in [-0.4, -0.2) is 11.6 Å². The van der Waals surface area contributed by atoms with E-state index in [9.17, 15) is 0 Å². The summed E-state index contributed by atoms with van der Waals surface area (Å²) >= 11 is 0. The Morgan fingerprint density at radius 1 is 1.22 bits per heavy atom. The number of benzene rings is 1. The summed E-state index contributed by atoms with van der Waals surface area (Å²) in [5.74, 6) is 0.858. The molecule has 2 aromatic rings. The summed E-state index contributed by atoms with van der Waals surface area (Å²) in [6, 6.07) is 7.66. The van der Waals surface area contributed by atoms with Gasteiger partial charge in [-0.1, -0.05) is 20.8 Å². The molecule has 2 N–H and O–H groups in total. The number of nitrogens with two attached hydrogens (primary N) is 1. The number of hydrogen-bond donors (Lipinski definition) is 1. The van der Waals surface area contributed by atoms with E-state index >= 15 is 0 Å². The molecule has 0 aliphatic rings. The molecule has 0 unspecified atom stereocenters. The first kappa shape index (κ1) is 12.7. The van der Waals surface area contributed by atoms with Crippen LogP contribution in [0.4, 0.5) is 5.69 Å². The van der Waals surface area contributed by atoms with E-state index in [1.54, 1.807) is 6.20 Å². The lowest BCUT2D eigenvalue weighted by Gasteiger charge is -2.18. The topological polar surface area (TPSA) is 48.1 Å². The van der Waals surface area contributed by atoms with E-state index in [1.807, 2.05) is 24.3 Å². The van der Waals surface area contributed by atoms with Crippen molar-refractivity contribution in [2.75, 3.05) is 12.3 Å². The fraction of sp³-hybridized carbons (Fsp3) is 0.400. The van der Waals surface area contributed by atoms with Gasteiger partial charge in [0.15, 0.2) is 0 Å². The van der Waals surface area contributed by atoms with Crippen molar-refractivity contribution in [3.8, 4) is 5.75 Å². The summed E-state index contributed by atoms with van der Waals surface area (Å²) < 4.78 is 5.85. The lowest BCUT2D eigenvalue weighted by Crippen LogP contribution is -2.11. The molecule has 0 aliphatic heterocycles. The molecule has 1 aromatic carbocycles. The van der Waals surface area contributed by atoms with Gasteiger partial charge in [0.25, 0.3) is 0 Å². The molecular formula is C15H20N2O. The second-order valence-corrected chi connectivity index (χ2v) is 5.71. The number of pyridine rings is 1. The lowest BCUT2D eigenvalue weighted by molar-refractivity contribution is 0.245. The van der Waals surface area contributed by atoms with Crippen LogP contribution in [0.3, 0.4) is 0 Å². The zero-order chi connectivity index (χ0) is 13.2. The lowest BCUT2D eigenvalue weighted by atomic mass is 9.93. The number of aromatic nitrogens is 1. The van der Waals surface area contributed by atoms with Crippen LogP contribution in [0.1, 0.15) is 27.2 Å². The Kier molecular flexibility index (Phi) is 3.41. The monoisotopic (exact) mass is 244 g/mol. The van der Waals surface area contributed by atoms with Crippen LogP contribution in [0.15, 0.2) is 30.5 Å². The summed E-state index contributed by atoms with van der Waals surface area (Å²) in [6.07, 6.45) is 2.76. The number of anilines is 1. The zero-order valence-electron chi connectivity index (χ0n) is 11.2. The summed E-state index contributed by atoms with van der Waals surface area (Å²) in [6.45, 7) is 7.33. The summed E-state index contributed by atoms with van der Waals surface area (Å²) in [5, 5.41) is 0.978. The van der Waals surface area contributed by atoms with Crippen LogP contribution in [0.5, 0.6) is 5.75 Å². The quantitative estimate of drug-likeness (QED) is 0.839. The van der Waals surface area contributed by atoms with Crippen molar-refractivity contribution in [3.05, 3.63) is 30.5 Å². The van der Waals surface area contributed by atoms with Crippen LogP contribution in [-0.2, 0) is 0 Å². The van der Waals surface area contributed by atoms with Gasteiger partial charge in [-0.3, -0.25) is 4.98 Å². The zero-order valence-corrected chi connectivity index (χ0v) is 11.2. The van der Waals surface area contributed by atoms with Gasteiger partial charge in [0.1, 0.15) is 5.75 Å². The molecule has 0 amide bonds. The van der Waals surface area contributed by atoms with Crippen molar-refractivity contribution < 1.29 is 4.74 Å². The van der Waals surface area contributed by atoms with Gasteiger partial charge in [-0.05, 0) is 36.1 Å². The minimum Gasteiger partial charge on any atom is -0.493 e. The van der Waals surface area contributed by atoms with Gasteiger partial charge >= 0.3 is 0 Å². The van der Waals surface area contributed by atoms with E-state index < -0.39 is 0 Å². The highest BCUT2D eigenvalue weighted by Gasteiger charge is 2.11. The van der Waals surface area contributed by atoms with Gasteiger partial charge < -0.3 is 10.5 Å². The largest absolute Gasteiger partial charge is 0.493 e. The van der Waals surface area contributed by atoms with Gasteiger partial charge in [-0.2, -0.15) is 0 Å². The van der Waals surface area contributed by atoms with Gasteiger partial charge in [0.2, 0.25) is 0 Å². The molecule has 0 spiro atoms. The molecule has 0 aliphatic carbocycles. The average molecular weight is 244 g/mol. The normalized spacial score (nSPS) is 11.7. The van der Waals surface area contributed by atoms with Crippen LogP contribution >= 0.6 is 0 Å². The second kappa shape index (κ2) is 4.84. The molecular weight excluding hydrogens is 224 g/mol. The Hall–Kier alpha value is -1.77. The molecule has 18 heavy (non-hydrogen) atoms. The number of fused-ring (bicyclic) bond motifs is 1. The van der Waals surface area contributed by atoms with Gasteiger partial charge in [0, 0.05) is 11.6 Å². The molecule has 0 saturated heterocycles. The van der Waals surface area contributed by atoms with E-state index in [1.165, 1.54) is 0 Å². The second-order valence-electron chi connectivity index (χ2n) is 5.71. The molecule has 0 saturated carbocycles. The first-order valence-electron chi connectivity index (χ1n) is 6.23. The molecule has 1 aromatic heterocycles. The Morgan fingerprint density at radius 3 is 2.72 bits per heavy atom. The highest BCUT2D eigenvalue weighted by molar-refractivity contribution is 5.93. The Bertz CT molecular complexity index is 544. The maximum absolute atomic E-state index is 5.90. The first-order valence-corrected chi connectivity index (χ1v) is 6.23. The molecule has 0 fully saturated rings. The molecule has 0 atom stereocenters. The van der Waals surface area contributed by atoms with Gasteiger partial charge in [-0.15, -0.1) is 0 Å². The number of rotatable bonds is 3. The van der Waals surface area contributed by atoms with E-state index in [2.05, 4.69) is 25.8 Å². The third kappa shape index (κ3) is 2.92. The van der Waals surface area contributed by atoms with Crippen molar-refractivity contribution in [3.63, 3.8) is 0 Å². The van der Waals surface area contributed by atoms with Crippen LogP contribution in [0, 0.1) is 5.41 Å². The van der Waals surface area contributed by atoms with Gasteiger partial charge in [0.05, 0.1) is 17.8 Å². The van der Waals surface area contributed by atoms with E-state index in [0.29, 0.717) is 12.3 Å². The fourth-order valence-corrected chi connectivity index (χ4v) is 1.76. The fourth-order valence-electron chi connectivity index (χ4n) is 1.76. The third-order valence-electron chi connectivity index (χ3n) is 2.87. The molecule has 96 valence electrons. The summed E-state index contributed by atoms with van der Waals surface area (Å²) in [4.78, 5) is 4.29. The highest BCUT2D eigenvalue weighted by Crippen LogP contribution is 2.29. The Balaban J connectivity index is 2.21. The number of nitrogen functional groups attached to an aromatic ring is 1. The standard InChI is InChI=1S/C15H20N2O/c1-15(2,3)8-10-18-13-7-6-12(16)14-11(13)5-4-9-17-14/h4-7,9H,8,10,16H2,1-3H3. The smallest absolute Gasteiger partial charge is 0.128 e. The van der Waals surface area contributed by atoms with Crippen LogP contribution in [0.2, 0.25) is 0 Å². The SMILES string of the molecule is CC(C)(C)CCOc1ccc(N)c2ncccc12. The van der Waals surface area contributed by atoms with E-state index in [0.717, 1.165) is 23.1 Å². The van der Waals surface area contributed by atoms with Crippen molar-refractivity contribution in [1.82, 2.24) is 4.98 Å². The molecule has 2 rings (SSSR count). The Labute approximate surface area is 108 Å². The predicted molar refractivity (Wildman–Crippen MR) is 75.7 cm³/mol. The van der Waals surface area contributed by atoms with Crippen molar-refractivity contribution in [1.29, 1.82) is 0 Å². The van der Waals surface area contributed by atoms with Gasteiger partial charge in [-0.25, -0.2) is 0 Å². The molecule has 1 heterocycles. The highest BCUT2D eigenvalue weighted by atomic mass is 16.5. The number of ether oxygens (including phenoxy) is 1. The first-order chi connectivity index (χ1) is 8.47. The minimum atomic E-state index is 0.280. The van der Waals surface area contributed by atoms with Crippen molar-refractivity contribution in [2.45, 2.75) is 27.2 Å². The predicted octanol–water partition coefficient (Wildman–Crippen LogP) is 3.63. The number of hydrogen-bond acceptors (Lipinski definition) is 3. The molecule has 0 radical (unpaired) electrons. The van der Waals surface area contributed by atoms with Crippen molar-refractivity contribution in [2.24, 2.45) is 5.41 Å². The summed E-state index contributed by atoms with van der Waals surface area (Å²) in [7, 11) is 0. The average Bonchev–Trinajstić information content (AvgIpc) is 2.31. The molecule has 3 nitrogen and oxygen atoms in total. The maximum Gasteiger partial charge on any atom is 0.128 e. The Morgan fingerprint density at radius 2 is 2.00 bits per heavy atom. The van der Waals surface area contributed by atoms with E-state index in [-0.39, 0.29) is 5.41 Å². The van der Waals surface area contributed by atoms with Crippen LogP contribution < -0.4 is 10.5 Å². The number of nitrogens with zero attached hydrogens (tertiary/aromatic N) is 1. The van der Waals surface area contributed by atoms with Crippen LogP contribution in [0.25, 0.3) is 10.9 Å². The maximum atomic E-state index is 5.90.